The first kappa shape index (κ1) is 20.4. The standard InChI is InChI=1S/C24H42Si2/c1-17-18(2)20(4)24(19(17)3)25(22-11-9-8-10-12-22)23-14-13-21(15-23)16-26(5,6)7/h8-12,17-21,23-25H,13-16H2,1-7H3/t17?,18?,19?,20?,21?,23?,24?,25-/m1/s1. The van der Waals surface area contributed by atoms with Gasteiger partial charge in [-0.2, -0.15) is 0 Å². The van der Waals surface area contributed by atoms with Crippen LogP contribution in [0.25, 0.3) is 0 Å². The van der Waals surface area contributed by atoms with Gasteiger partial charge < -0.3 is 0 Å². The molecule has 0 bridgehead atoms. The summed E-state index contributed by atoms with van der Waals surface area (Å²) >= 11 is 0. The molecule has 2 aliphatic carbocycles. The zero-order valence-electron chi connectivity index (χ0n) is 18.3. The highest BCUT2D eigenvalue weighted by atomic mass is 28.3. The minimum atomic E-state index is -0.981. The molecule has 7 atom stereocenters. The van der Waals surface area contributed by atoms with Crippen LogP contribution in [0.4, 0.5) is 0 Å². The molecule has 2 aliphatic rings. The third-order valence-electron chi connectivity index (χ3n) is 8.29. The van der Waals surface area contributed by atoms with E-state index < -0.39 is 16.9 Å². The first-order valence-corrected chi connectivity index (χ1v) is 16.9. The van der Waals surface area contributed by atoms with Crippen molar-refractivity contribution in [3.8, 4) is 0 Å². The zero-order valence-corrected chi connectivity index (χ0v) is 20.5. The maximum Gasteiger partial charge on any atom is 0.0775 e. The van der Waals surface area contributed by atoms with Crippen molar-refractivity contribution in [3.05, 3.63) is 30.3 Å². The second-order valence-electron chi connectivity index (χ2n) is 11.2. The van der Waals surface area contributed by atoms with Gasteiger partial charge in [-0.1, -0.05) is 108 Å². The van der Waals surface area contributed by atoms with Gasteiger partial charge in [0.2, 0.25) is 0 Å². The molecule has 2 saturated carbocycles. The Kier molecular flexibility index (Phi) is 6.23. The molecule has 0 N–H and O–H groups in total. The molecule has 0 amide bonds. The van der Waals surface area contributed by atoms with Crippen LogP contribution in [-0.2, 0) is 0 Å². The summed E-state index contributed by atoms with van der Waals surface area (Å²) in [7, 11) is -1.91. The van der Waals surface area contributed by atoms with Crippen LogP contribution >= 0.6 is 0 Å². The Labute approximate surface area is 165 Å². The van der Waals surface area contributed by atoms with Gasteiger partial charge in [-0.25, -0.2) is 0 Å². The van der Waals surface area contributed by atoms with Crippen LogP contribution in [-0.4, -0.2) is 16.9 Å². The molecule has 26 heavy (non-hydrogen) atoms. The average molecular weight is 387 g/mol. The Morgan fingerprint density at radius 2 is 1.42 bits per heavy atom. The van der Waals surface area contributed by atoms with Gasteiger partial charge in [0, 0.05) is 8.07 Å². The van der Waals surface area contributed by atoms with Crippen molar-refractivity contribution in [2.24, 2.45) is 29.6 Å². The molecule has 3 rings (SSSR count). The molecule has 0 nitrogen and oxygen atoms in total. The topological polar surface area (TPSA) is 0 Å². The summed E-state index contributed by atoms with van der Waals surface area (Å²) in [5.41, 5.74) is 2.05. The van der Waals surface area contributed by atoms with E-state index in [9.17, 15) is 0 Å². The van der Waals surface area contributed by atoms with Gasteiger partial charge >= 0.3 is 0 Å². The van der Waals surface area contributed by atoms with Crippen LogP contribution in [0.15, 0.2) is 30.3 Å². The number of rotatable bonds is 5. The van der Waals surface area contributed by atoms with Crippen molar-refractivity contribution in [2.75, 3.05) is 0 Å². The molecule has 1 aromatic rings. The van der Waals surface area contributed by atoms with Crippen LogP contribution in [0.5, 0.6) is 0 Å². The third-order valence-corrected chi connectivity index (χ3v) is 14.9. The van der Waals surface area contributed by atoms with Crippen LogP contribution in [0.1, 0.15) is 47.0 Å². The van der Waals surface area contributed by atoms with Crippen molar-refractivity contribution < 1.29 is 0 Å². The van der Waals surface area contributed by atoms with Crippen LogP contribution in [0.3, 0.4) is 0 Å². The fourth-order valence-corrected chi connectivity index (χ4v) is 14.4. The third kappa shape index (κ3) is 4.22. The number of benzene rings is 1. The molecule has 0 radical (unpaired) electrons. The molecule has 0 aliphatic heterocycles. The quantitative estimate of drug-likeness (QED) is 0.503. The lowest BCUT2D eigenvalue weighted by Crippen LogP contribution is -2.42. The molecule has 0 spiro atoms. The average Bonchev–Trinajstić information content (AvgIpc) is 3.09. The van der Waals surface area contributed by atoms with E-state index in [-0.39, 0.29) is 0 Å². The van der Waals surface area contributed by atoms with Crippen LogP contribution < -0.4 is 5.19 Å². The molecular formula is C24H42Si2. The van der Waals surface area contributed by atoms with Gasteiger partial charge in [0.05, 0.1) is 8.80 Å². The smallest absolute Gasteiger partial charge is 0.0695 e. The lowest BCUT2D eigenvalue weighted by atomic mass is 9.92. The van der Waals surface area contributed by atoms with E-state index in [4.69, 9.17) is 0 Å². The Morgan fingerprint density at radius 1 is 0.846 bits per heavy atom. The molecule has 0 aromatic heterocycles. The second kappa shape index (κ2) is 7.95. The minimum absolute atomic E-state index is 0.896. The molecule has 2 heteroatoms. The lowest BCUT2D eigenvalue weighted by Gasteiger charge is -2.35. The van der Waals surface area contributed by atoms with E-state index in [1.807, 2.05) is 0 Å². The SMILES string of the molecule is CC1C(C)C(C)C([Si@H](c2ccccc2)C2CCC(C[Si](C)(C)C)C2)C1C. The van der Waals surface area contributed by atoms with Gasteiger partial charge in [-0.3, -0.25) is 0 Å². The summed E-state index contributed by atoms with van der Waals surface area (Å²) < 4.78 is 0. The first-order valence-electron chi connectivity index (χ1n) is 11.2. The molecule has 6 unspecified atom stereocenters. The highest BCUT2D eigenvalue weighted by molar-refractivity contribution is 6.77. The summed E-state index contributed by atoms with van der Waals surface area (Å²) in [5.74, 6) is 4.65. The maximum atomic E-state index is 2.59. The molecule has 0 heterocycles. The predicted octanol–water partition coefficient (Wildman–Crippen LogP) is 6.56. The summed E-state index contributed by atoms with van der Waals surface area (Å²) in [6.07, 6.45) is 4.60. The van der Waals surface area contributed by atoms with E-state index >= 15 is 0 Å². The predicted molar refractivity (Wildman–Crippen MR) is 123 cm³/mol. The van der Waals surface area contributed by atoms with E-state index in [0.717, 1.165) is 40.7 Å². The van der Waals surface area contributed by atoms with Gasteiger partial charge in [-0.15, -0.1) is 0 Å². The maximum absolute atomic E-state index is 2.59. The molecule has 0 saturated heterocycles. The van der Waals surface area contributed by atoms with Gasteiger partial charge in [0.15, 0.2) is 0 Å². The first-order chi connectivity index (χ1) is 12.2. The molecule has 1 aromatic carbocycles. The van der Waals surface area contributed by atoms with Crippen LogP contribution in [0, 0.1) is 29.6 Å². The van der Waals surface area contributed by atoms with E-state index in [1.54, 1.807) is 17.7 Å². The van der Waals surface area contributed by atoms with Gasteiger partial charge in [-0.05, 0) is 40.7 Å². The van der Waals surface area contributed by atoms with Crippen molar-refractivity contribution >= 4 is 22.1 Å². The fourth-order valence-electron chi connectivity index (χ4n) is 6.77. The largest absolute Gasteiger partial charge is 0.0775 e. The van der Waals surface area contributed by atoms with Crippen molar-refractivity contribution in [3.63, 3.8) is 0 Å². The highest BCUT2D eigenvalue weighted by Gasteiger charge is 2.49. The second-order valence-corrected chi connectivity index (χ2v) is 20.1. The summed E-state index contributed by atoms with van der Waals surface area (Å²) in [6, 6.07) is 13.4. The number of hydrogen-bond donors (Lipinski definition) is 0. The minimum Gasteiger partial charge on any atom is -0.0695 e. The fraction of sp³-hybridized carbons (Fsp3) is 0.750. The van der Waals surface area contributed by atoms with Crippen molar-refractivity contribution in [2.45, 2.75) is 83.7 Å². The Hall–Kier alpha value is -0.346. The monoisotopic (exact) mass is 386 g/mol. The summed E-state index contributed by atoms with van der Waals surface area (Å²) in [5, 5.41) is 1.77. The van der Waals surface area contributed by atoms with Crippen molar-refractivity contribution in [1.29, 1.82) is 0 Å². The number of hydrogen-bond acceptors (Lipinski definition) is 0. The van der Waals surface area contributed by atoms with Gasteiger partial charge in [0.25, 0.3) is 0 Å². The zero-order chi connectivity index (χ0) is 19.1. The van der Waals surface area contributed by atoms with E-state index in [1.165, 1.54) is 12.8 Å². The summed E-state index contributed by atoms with van der Waals surface area (Å²) in [6.45, 7) is 17.9. The van der Waals surface area contributed by atoms with Crippen molar-refractivity contribution in [1.82, 2.24) is 0 Å². The Balaban J connectivity index is 1.86. The highest BCUT2D eigenvalue weighted by Crippen LogP contribution is 2.54. The van der Waals surface area contributed by atoms with E-state index in [0.29, 0.717) is 0 Å². The molecule has 146 valence electrons. The molecular weight excluding hydrogens is 344 g/mol. The Bertz CT molecular complexity index is 562. The van der Waals surface area contributed by atoms with Crippen LogP contribution in [0.2, 0.25) is 36.8 Å². The lowest BCUT2D eigenvalue weighted by molar-refractivity contribution is 0.352. The molecule has 2 fully saturated rings. The van der Waals surface area contributed by atoms with Gasteiger partial charge in [0.1, 0.15) is 0 Å². The van der Waals surface area contributed by atoms with E-state index in [2.05, 4.69) is 77.7 Å². The Morgan fingerprint density at radius 3 is 1.96 bits per heavy atom. The normalized spacial score (nSPS) is 39.3. The summed E-state index contributed by atoms with van der Waals surface area (Å²) in [4.78, 5) is 0.